The van der Waals surface area contributed by atoms with E-state index in [2.05, 4.69) is 20.6 Å². The Hall–Kier alpha value is -4.80. The minimum Gasteiger partial charge on any atom is -0.444 e. The summed E-state index contributed by atoms with van der Waals surface area (Å²) in [5, 5.41) is 7.31. The minimum atomic E-state index is -0.566. The summed E-state index contributed by atoms with van der Waals surface area (Å²) < 4.78 is 27.1. The van der Waals surface area contributed by atoms with Crippen LogP contribution in [-0.2, 0) is 9.53 Å². The van der Waals surface area contributed by atoms with Crippen molar-refractivity contribution in [3.63, 3.8) is 0 Å². The van der Waals surface area contributed by atoms with Crippen LogP contribution < -0.4 is 15.4 Å². The van der Waals surface area contributed by atoms with Gasteiger partial charge in [0.25, 0.3) is 0 Å². The van der Waals surface area contributed by atoms with Gasteiger partial charge in [-0.25, -0.2) is 24.1 Å². The lowest BCUT2D eigenvalue weighted by atomic mass is 9.92. The molecule has 0 radical (unpaired) electrons. The van der Waals surface area contributed by atoms with Gasteiger partial charge in [-0.2, -0.15) is 0 Å². The number of carbonyl (C=O) groups excluding carboxylic acids is 2. The second kappa shape index (κ2) is 13.5. The van der Waals surface area contributed by atoms with Gasteiger partial charge in [-0.3, -0.25) is 4.79 Å². The van der Waals surface area contributed by atoms with E-state index in [1.807, 2.05) is 60.6 Å². The molecular weight excluding hydrogens is 599 g/mol. The maximum atomic E-state index is 15.1. The number of hydrogen-bond acceptors (Lipinski definition) is 8. The number of aryl methyl sites for hydroxylation is 1. The van der Waals surface area contributed by atoms with Crippen LogP contribution in [0.25, 0.3) is 22.0 Å². The van der Waals surface area contributed by atoms with Crippen molar-refractivity contribution in [2.75, 3.05) is 23.7 Å². The van der Waals surface area contributed by atoms with Crippen molar-refractivity contribution in [3.05, 3.63) is 66.2 Å². The third-order valence-corrected chi connectivity index (χ3v) is 7.56. The Morgan fingerprint density at radius 3 is 2.51 bits per heavy atom. The third kappa shape index (κ3) is 8.52. The smallest absolute Gasteiger partial charge is 0.410 e. The normalized spacial score (nSPS) is 15.3. The van der Waals surface area contributed by atoms with Crippen LogP contribution in [0.2, 0.25) is 0 Å². The van der Waals surface area contributed by atoms with Gasteiger partial charge < -0.3 is 25.0 Å². The molecule has 2 aromatic carbocycles. The fourth-order valence-corrected chi connectivity index (χ4v) is 5.50. The van der Waals surface area contributed by atoms with Crippen molar-refractivity contribution in [2.24, 2.45) is 5.41 Å². The van der Waals surface area contributed by atoms with Gasteiger partial charge in [0.1, 0.15) is 17.2 Å². The van der Waals surface area contributed by atoms with E-state index >= 15 is 4.39 Å². The molecule has 4 aromatic rings. The first-order valence-electron chi connectivity index (χ1n) is 15.9. The summed E-state index contributed by atoms with van der Waals surface area (Å²) in [6.45, 7) is 14.4. The molecule has 2 amide bonds. The number of hydrogen-bond donors (Lipinski definition) is 2. The van der Waals surface area contributed by atoms with Gasteiger partial charge in [0.05, 0.1) is 16.9 Å². The van der Waals surface area contributed by atoms with Crippen molar-refractivity contribution in [1.82, 2.24) is 19.9 Å². The predicted octanol–water partition coefficient (Wildman–Crippen LogP) is 8.12. The SMILES string of the molecule is Cc1ccc2c(NC(=O)CC(C)(C)C)c(F)ccc2c1Oc1ncccc1-c1ccnc(N[C@H]2CCCN(C(=O)OC(C)(C)C)C2)n1. The molecule has 3 heterocycles. The fraction of sp³-hybridized carbons (Fsp3) is 0.417. The number of pyridine rings is 1. The molecule has 1 saturated heterocycles. The number of amides is 2. The Morgan fingerprint density at radius 2 is 1.77 bits per heavy atom. The quantitative estimate of drug-likeness (QED) is 0.208. The number of halogens is 1. The van der Waals surface area contributed by atoms with Crippen LogP contribution in [0.4, 0.5) is 20.8 Å². The number of fused-ring (bicyclic) bond motifs is 1. The third-order valence-electron chi connectivity index (χ3n) is 7.56. The molecule has 1 atom stereocenters. The van der Waals surface area contributed by atoms with E-state index in [9.17, 15) is 9.59 Å². The fourth-order valence-electron chi connectivity index (χ4n) is 5.50. The van der Waals surface area contributed by atoms with Gasteiger partial charge in [0, 0.05) is 48.7 Å². The summed E-state index contributed by atoms with van der Waals surface area (Å²) in [7, 11) is 0. The van der Waals surface area contributed by atoms with Crippen LogP contribution in [-0.4, -0.2) is 56.6 Å². The second-order valence-corrected chi connectivity index (χ2v) is 14.1. The molecule has 0 saturated carbocycles. The van der Waals surface area contributed by atoms with E-state index in [0.29, 0.717) is 52.7 Å². The lowest BCUT2D eigenvalue weighted by Gasteiger charge is -2.34. The second-order valence-electron chi connectivity index (χ2n) is 14.1. The van der Waals surface area contributed by atoms with Crippen LogP contribution >= 0.6 is 0 Å². The largest absolute Gasteiger partial charge is 0.444 e. The van der Waals surface area contributed by atoms with Gasteiger partial charge in [-0.05, 0) is 81.8 Å². The summed E-state index contributed by atoms with van der Waals surface area (Å²) in [4.78, 5) is 40.9. The van der Waals surface area contributed by atoms with Crippen LogP contribution in [0, 0.1) is 18.2 Å². The number of carbonyl (C=O) groups is 2. The molecule has 1 fully saturated rings. The van der Waals surface area contributed by atoms with Gasteiger partial charge in [-0.1, -0.05) is 32.9 Å². The van der Waals surface area contributed by atoms with E-state index in [1.165, 1.54) is 6.07 Å². The first kappa shape index (κ1) is 33.6. The maximum Gasteiger partial charge on any atom is 0.410 e. The molecular formula is C36H43FN6O4. The highest BCUT2D eigenvalue weighted by Gasteiger charge is 2.28. The van der Waals surface area contributed by atoms with Crippen molar-refractivity contribution in [2.45, 2.75) is 79.4 Å². The van der Waals surface area contributed by atoms with E-state index < -0.39 is 11.4 Å². The average molecular weight is 643 g/mol. The first-order chi connectivity index (χ1) is 22.2. The lowest BCUT2D eigenvalue weighted by Crippen LogP contribution is -2.47. The van der Waals surface area contributed by atoms with Gasteiger partial charge in [0.15, 0.2) is 0 Å². The zero-order chi connectivity index (χ0) is 33.9. The van der Waals surface area contributed by atoms with Crippen molar-refractivity contribution in [3.8, 4) is 22.9 Å². The van der Waals surface area contributed by atoms with Crippen LogP contribution in [0.3, 0.4) is 0 Å². The summed E-state index contributed by atoms with van der Waals surface area (Å²) in [5.74, 6) is 0.426. The number of anilines is 2. The number of nitrogens with zero attached hydrogens (tertiary/aromatic N) is 4. The number of nitrogens with one attached hydrogen (secondary N) is 2. The average Bonchev–Trinajstić information content (AvgIpc) is 2.99. The van der Waals surface area contributed by atoms with E-state index in [0.717, 1.165) is 18.4 Å². The zero-order valence-corrected chi connectivity index (χ0v) is 28.1. The minimum absolute atomic E-state index is 0.0482. The Morgan fingerprint density at radius 1 is 1.00 bits per heavy atom. The van der Waals surface area contributed by atoms with E-state index in [1.54, 1.807) is 41.6 Å². The van der Waals surface area contributed by atoms with E-state index in [4.69, 9.17) is 14.5 Å². The lowest BCUT2D eigenvalue weighted by molar-refractivity contribution is -0.117. The number of aromatic nitrogens is 3. The standard InChI is InChI=1S/C36H43FN6O4/c1-22-12-13-24-25(14-15-27(37)30(24)42-29(44)20-35(2,3)4)31(22)46-32-26(11-8-17-38-32)28-16-18-39-33(41-28)40-23-10-9-19-43(21-23)34(45)47-36(5,6)7/h8,11-18,23H,9-10,19-21H2,1-7H3,(H,42,44)(H,39,40,41)/t23-/m0/s1. The molecule has 0 aliphatic carbocycles. The zero-order valence-electron chi connectivity index (χ0n) is 28.1. The van der Waals surface area contributed by atoms with Gasteiger partial charge >= 0.3 is 6.09 Å². The number of benzene rings is 2. The molecule has 0 spiro atoms. The molecule has 0 unspecified atom stereocenters. The Labute approximate surface area is 275 Å². The number of piperidine rings is 1. The molecule has 1 aliphatic heterocycles. The first-order valence-corrected chi connectivity index (χ1v) is 15.9. The molecule has 10 nitrogen and oxygen atoms in total. The highest BCUT2D eigenvalue weighted by Crippen LogP contribution is 2.39. The van der Waals surface area contributed by atoms with Gasteiger partial charge in [-0.15, -0.1) is 0 Å². The summed E-state index contributed by atoms with van der Waals surface area (Å²) >= 11 is 0. The van der Waals surface area contributed by atoms with Crippen molar-refractivity contribution in [1.29, 1.82) is 0 Å². The highest BCUT2D eigenvalue weighted by atomic mass is 19.1. The molecule has 47 heavy (non-hydrogen) atoms. The maximum absolute atomic E-state index is 15.1. The monoisotopic (exact) mass is 642 g/mol. The Balaban J connectivity index is 1.40. The number of rotatable bonds is 7. The molecule has 2 aromatic heterocycles. The van der Waals surface area contributed by atoms with Crippen molar-refractivity contribution < 1.29 is 23.5 Å². The summed E-state index contributed by atoms with van der Waals surface area (Å²) in [6.07, 6.45) is 4.88. The van der Waals surface area contributed by atoms with Crippen LogP contribution in [0.1, 0.15) is 66.4 Å². The molecule has 248 valence electrons. The molecule has 11 heteroatoms. The summed E-state index contributed by atoms with van der Waals surface area (Å²) in [5.41, 5.74) is 1.33. The molecule has 1 aliphatic rings. The van der Waals surface area contributed by atoms with Crippen LogP contribution in [0.15, 0.2) is 54.9 Å². The van der Waals surface area contributed by atoms with Crippen molar-refractivity contribution >= 4 is 34.4 Å². The molecule has 0 bridgehead atoms. The van der Waals surface area contributed by atoms with Gasteiger partial charge in [0.2, 0.25) is 17.7 Å². The molecule has 2 N–H and O–H groups in total. The topological polar surface area (TPSA) is 119 Å². The summed E-state index contributed by atoms with van der Waals surface area (Å²) in [6, 6.07) is 12.0. The Kier molecular flexibility index (Phi) is 9.65. The van der Waals surface area contributed by atoms with E-state index in [-0.39, 0.29) is 35.6 Å². The Bertz CT molecular complexity index is 1780. The van der Waals surface area contributed by atoms with Crippen LogP contribution in [0.5, 0.6) is 11.6 Å². The molecule has 5 rings (SSSR count). The number of likely N-dealkylation sites (tertiary alicyclic amines) is 1. The highest BCUT2D eigenvalue weighted by molar-refractivity contribution is 6.05. The number of ether oxygens (including phenoxy) is 2. The predicted molar refractivity (Wildman–Crippen MR) is 181 cm³/mol.